The topological polar surface area (TPSA) is 15.3 Å². The summed E-state index contributed by atoms with van der Waals surface area (Å²) < 4.78 is 0. The molecular weight excluding hydrogens is 335 g/mol. The van der Waals surface area contributed by atoms with Gasteiger partial charge in [-0.3, -0.25) is 0 Å². The van der Waals surface area contributed by atoms with E-state index < -0.39 is 0 Å². The molecule has 0 unspecified atom stereocenters. The van der Waals surface area contributed by atoms with Crippen LogP contribution in [0.2, 0.25) is 10.0 Å². The molecule has 0 spiro atoms. The maximum Gasteiger partial charge on any atom is 0.168 e. The zero-order chi connectivity index (χ0) is 15.9. The molecule has 2 rings (SSSR count). The lowest BCUT2D eigenvalue weighted by molar-refractivity contribution is 0.489. The molecule has 0 amide bonds. The largest absolute Gasteiger partial charge is 0.362 e. The summed E-state index contributed by atoms with van der Waals surface area (Å²) >= 11 is 17.4. The summed E-state index contributed by atoms with van der Waals surface area (Å²) in [6, 6.07) is 16.0. The minimum absolute atomic E-state index is 0.565. The molecule has 0 aliphatic rings. The highest BCUT2D eigenvalue weighted by molar-refractivity contribution is 7.80. The van der Waals surface area contributed by atoms with Gasteiger partial charge in [-0.05, 0) is 41.9 Å². The Kier molecular flexibility index (Phi) is 6.49. The summed E-state index contributed by atoms with van der Waals surface area (Å²) in [6.07, 6.45) is 0.946. The van der Waals surface area contributed by atoms with Gasteiger partial charge in [0.15, 0.2) is 5.11 Å². The molecule has 0 fully saturated rings. The second kappa shape index (κ2) is 8.37. The first-order valence-electron chi connectivity index (χ1n) is 7.03. The summed E-state index contributed by atoms with van der Waals surface area (Å²) in [5.74, 6) is 0. The lowest BCUT2D eigenvalue weighted by atomic mass is 10.1. The summed E-state index contributed by atoms with van der Waals surface area (Å²) in [4.78, 5) is 1.99. The van der Waals surface area contributed by atoms with Crippen LogP contribution < -0.4 is 5.32 Å². The van der Waals surface area contributed by atoms with Gasteiger partial charge in [-0.2, -0.15) is 0 Å². The standard InChI is InChI=1S/C17H18Cl2N2S/c1-21(12-14-7-8-15(18)16(19)11-14)17(22)20-10-9-13-5-3-2-4-6-13/h2-8,11H,9-10,12H2,1H3,(H,20,22). The van der Waals surface area contributed by atoms with Gasteiger partial charge >= 0.3 is 0 Å². The molecule has 0 radical (unpaired) electrons. The molecule has 0 aliphatic heterocycles. The average Bonchev–Trinajstić information content (AvgIpc) is 2.52. The van der Waals surface area contributed by atoms with Crippen LogP contribution in [-0.4, -0.2) is 23.6 Å². The quantitative estimate of drug-likeness (QED) is 0.795. The van der Waals surface area contributed by atoms with Gasteiger partial charge in [0.1, 0.15) is 0 Å². The lowest BCUT2D eigenvalue weighted by Gasteiger charge is -2.21. The summed E-state index contributed by atoms with van der Waals surface area (Å²) in [6.45, 7) is 1.50. The van der Waals surface area contributed by atoms with Crippen LogP contribution in [0.4, 0.5) is 0 Å². The first kappa shape index (κ1) is 17.1. The molecular formula is C17H18Cl2N2S. The Hall–Kier alpha value is -1.29. The van der Waals surface area contributed by atoms with E-state index in [-0.39, 0.29) is 0 Å². The van der Waals surface area contributed by atoms with Crippen LogP contribution in [0.15, 0.2) is 48.5 Å². The Balaban J connectivity index is 1.80. The molecule has 0 atom stereocenters. The molecule has 0 bridgehead atoms. The summed E-state index contributed by atoms with van der Waals surface area (Å²) in [5, 5.41) is 5.13. The minimum atomic E-state index is 0.565. The third-order valence-corrected chi connectivity index (χ3v) is 4.48. The van der Waals surface area contributed by atoms with Crippen molar-refractivity contribution < 1.29 is 0 Å². The summed E-state index contributed by atoms with van der Waals surface area (Å²) in [5.41, 5.74) is 2.37. The SMILES string of the molecule is CN(Cc1ccc(Cl)c(Cl)c1)C(=S)NCCc1ccccc1. The van der Waals surface area contributed by atoms with Gasteiger partial charge in [-0.15, -0.1) is 0 Å². The second-order valence-electron chi connectivity index (χ2n) is 5.07. The van der Waals surface area contributed by atoms with E-state index in [0.717, 1.165) is 23.6 Å². The van der Waals surface area contributed by atoms with Crippen molar-refractivity contribution in [2.75, 3.05) is 13.6 Å². The number of benzene rings is 2. The molecule has 2 nitrogen and oxygen atoms in total. The first-order valence-corrected chi connectivity index (χ1v) is 8.19. The van der Waals surface area contributed by atoms with Crippen molar-refractivity contribution in [1.29, 1.82) is 0 Å². The maximum absolute atomic E-state index is 6.03. The smallest absolute Gasteiger partial charge is 0.168 e. The van der Waals surface area contributed by atoms with Crippen LogP contribution in [0.1, 0.15) is 11.1 Å². The fourth-order valence-electron chi connectivity index (χ4n) is 2.08. The molecule has 2 aromatic carbocycles. The predicted octanol–water partition coefficient (Wildman–Crippen LogP) is 4.54. The third-order valence-electron chi connectivity index (χ3n) is 3.28. The van der Waals surface area contributed by atoms with E-state index in [1.54, 1.807) is 6.07 Å². The van der Waals surface area contributed by atoms with Gasteiger partial charge in [0.25, 0.3) is 0 Å². The number of hydrogen-bond acceptors (Lipinski definition) is 1. The van der Waals surface area contributed by atoms with Crippen molar-refractivity contribution in [3.8, 4) is 0 Å². The van der Waals surface area contributed by atoms with Crippen LogP contribution in [0.5, 0.6) is 0 Å². The van der Waals surface area contributed by atoms with Crippen LogP contribution in [0, 0.1) is 0 Å². The molecule has 0 heterocycles. The third kappa shape index (κ3) is 5.16. The van der Waals surface area contributed by atoms with E-state index in [4.69, 9.17) is 35.4 Å². The number of hydrogen-bond donors (Lipinski definition) is 1. The van der Waals surface area contributed by atoms with Crippen molar-refractivity contribution in [3.63, 3.8) is 0 Å². The highest BCUT2D eigenvalue weighted by Crippen LogP contribution is 2.23. The maximum atomic E-state index is 6.03. The van der Waals surface area contributed by atoms with Gasteiger partial charge < -0.3 is 10.2 Å². The Morgan fingerprint density at radius 2 is 1.77 bits per heavy atom. The fourth-order valence-corrected chi connectivity index (χ4v) is 2.56. The molecule has 116 valence electrons. The van der Waals surface area contributed by atoms with E-state index in [1.807, 2.05) is 42.3 Å². The molecule has 22 heavy (non-hydrogen) atoms. The Labute approximate surface area is 147 Å². The van der Waals surface area contributed by atoms with Crippen molar-refractivity contribution in [2.24, 2.45) is 0 Å². The van der Waals surface area contributed by atoms with E-state index >= 15 is 0 Å². The Morgan fingerprint density at radius 3 is 2.45 bits per heavy atom. The monoisotopic (exact) mass is 352 g/mol. The first-order chi connectivity index (χ1) is 10.6. The Bertz CT molecular complexity index is 632. The van der Waals surface area contributed by atoms with Crippen LogP contribution in [-0.2, 0) is 13.0 Å². The molecule has 5 heteroatoms. The number of halogens is 2. The van der Waals surface area contributed by atoms with Crippen molar-refractivity contribution >= 4 is 40.5 Å². The van der Waals surface area contributed by atoms with Crippen LogP contribution >= 0.6 is 35.4 Å². The molecule has 0 aliphatic carbocycles. The van der Waals surface area contributed by atoms with E-state index in [0.29, 0.717) is 16.6 Å². The number of rotatable bonds is 5. The minimum Gasteiger partial charge on any atom is -0.362 e. The normalized spacial score (nSPS) is 10.3. The second-order valence-corrected chi connectivity index (χ2v) is 6.27. The van der Waals surface area contributed by atoms with E-state index in [2.05, 4.69) is 17.4 Å². The van der Waals surface area contributed by atoms with Gasteiger partial charge in [0, 0.05) is 20.1 Å². The molecule has 0 saturated heterocycles. The van der Waals surface area contributed by atoms with E-state index in [9.17, 15) is 0 Å². The van der Waals surface area contributed by atoms with E-state index in [1.165, 1.54) is 5.56 Å². The van der Waals surface area contributed by atoms with Gasteiger partial charge in [0.2, 0.25) is 0 Å². The average molecular weight is 353 g/mol. The Morgan fingerprint density at radius 1 is 1.05 bits per heavy atom. The zero-order valence-electron chi connectivity index (χ0n) is 12.4. The fraction of sp³-hybridized carbons (Fsp3) is 0.235. The lowest BCUT2D eigenvalue weighted by Crippen LogP contribution is -2.37. The predicted molar refractivity (Wildman–Crippen MR) is 98.7 cm³/mol. The van der Waals surface area contributed by atoms with Crippen LogP contribution in [0.25, 0.3) is 0 Å². The summed E-state index contributed by atoms with van der Waals surface area (Å²) in [7, 11) is 1.96. The van der Waals surface area contributed by atoms with Crippen molar-refractivity contribution in [2.45, 2.75) is 13.0 Å². The zero-order valence-corrected chi connectivity index (χ0v) is 14.7. The highest BCUT2D eigenvalue weighted by Gasteiger charge is 2.06. The molecule has 1 N–H and O–H groups in total. The number of nitrogens with zero attached hydrogens (tertiary/aromatic N) is 1. The van der Waals surface area contributed by atoms with Gasteiger partial charge in [-0.1, -0.05) is 59.6 Å². The molecule has 2 aromatic rings. The molecule has 0 saturated carbocycles. The van der Waals surface area contributed by atoms with Gasteiger partial charge in [-0.25, -0.2) is 0 Å². The highest BCUT2D eigenvalue weighted by atomic mass is 35.5. The number of nitrogens with one attached hydrogen (secondary N) is 1. The van der Waals surface area contributed by atoms with Gasteiger partial charge in [0.05, 0.1) is 10.0 Å². The molecule has 0 aromatic heterocycles. The number of thiocarbonyl (C=S) groups is 1. The van der Waals surface area contributed by atoms with Crippen LogP contribution in [0.3, 0.4) is 0 Å². The van der Waals surface area contributed by atoms with Crippen molar-refractivity contribution in [1.82, 2.24) is 10.2 Å². The van der Waals surface area contributed by atoms with Crippen molar-refractivity contribution in [3.05, 3.63) is 69.7 Å².